The summed E-state index contributed by atoms with van der Waals surface area (Å²) in [6.45, 7) is 0.323. The number of benzene rings is 3. The Hall–Kier alpha value is -2.63. The number of amides is 2. The van der Waals surface area contributed by atoms with Crippen molar-refractivity contribution in [3.8, 4) is 0 Å². The molecule has 0 aromatic heterocycles. The second kappa shape index (κ2) is 11.1. The van der Waals surface area contributed by atoms with Crippen LogP contribution in [-0.4, -0.2) is 29.8 Å². The molecule has 0 spiro atoms. The SMILES string of the molecule is CNC(=O)[C@H](Cc1ccccc1)N(Cc1cccc(Br)c1)C(=O)Cc1cccc(Cl)c1. The van der Waals surface area contributed by atoms with Crippen LogP contribution in [0.3, 0.4) is 0 Å². The molecule has 4 nitrogen and oxygen atoms in total. The van der Waals surface area contributed by atoms with Crippen molar-refractivity contribution in [1.29, 1.82) is 0 Å². The van der Waals surface area contributed by atoms with Gasteiger partial charge in [-0.15, -0.1) is 0 Å². The first-order chi connectivity index (χ1) is 15.0. The molecular weight excluding hydrogens is 476 g/mol. The molecule has 0 saturated heterocycles. The second-order valence-electron chi connectivity index (χ2n) is 7.28. The Labute approximate surface area is 196 Å². The summed E-state index contributed by atoms with van der Waals surface area (Å²) in [4.78, 5) is 28.0. The van der Waals surface area contributed by atoms with Crippen LogP contribution in [0.5, 0.6) is 0 Å². The molecule has 0 radical (unpaired) electrons. The molecule has 6 heteroatoms. The largest absolute Gasteiger partial charge is 0.357 e. The van der Waals surface area contributed by atoms with Crippen molar-refractivity contribution < 1.29 is 9.59 Å². The molecule has 2 amide bonds. The maximum absolute atomic E-state index is 13.5. The highest BCUT2D eigenvalue weighted by Crippen LogP contribution is 2.19. The summed E-state index contributed by atoms with van der Waals surface area (Å²) >= 11 is 9.59. The van der Waals surface area contributed by atoms with Gasteiger partial charge in [-0.05, 0) is 41.0 Å². The number of nitrogens with one attached hydrogen (secondary N) is 1. The van der Waals surface area contributed by atoms with Crippen molar-refractivity contribution in [3.05, 3.63) is 105 Å². The Kier molecular flexibility index (Phi) is 8.27. The van der Waals surface area contributed by atoms with Crippen LogP contribution in [0.4, 0.5) is 0 Å². The monoisotopic (exact) mass is 498 g/mol. The minimum absolute atomic E-state index is 0.133. The molecule has 31 heavy (non-hydrogen) atoms. The van der Waals surface area contributed by atoms with E-state index >= 15 is 0 Å². The lowest BCUT2D eigenvalue weighted by atomic mass is 10.0. The molecule has 3 aromatic carbocycles. The molecule has 0 saturated carbocycles. The number of carbonyl (C=O) groups is 2. The van der Waals surface area contributed by atoms with Gasteiger partial charge in [0.25, 0.3) is 0 Å². The molecule has 0 aliphatic rings. The van der Waals surface area contributed by atoms with Gasteiger partial charge in [-0.2, -0.15) is 0 Å². The summed E-state index contributed by atoms with van der Waals surface area (Å²) in [6.07, 6.45) is 0.590. The number of likely N-dealkylation sites (N-methyl/N-ethyl adjacent to an activating group) is 1. The molecule has 0 unspecified atom stereocenters. The van der Waals surface area contributed by atoms with Crippen LogP contribution in [0.25, 0.3) is 0 Å². The quantitative estimate of drug-likeness (QED) is 0.472. The van der Waals surface area contributed by atoms with E-state index in [9.17, 15) is 9.59 Å². The number of nitrogens with zero attached hydrogens (tertiary/aromatic N) is 1. The van der Waals surface area contributed by atoms with E-state index in [4.69, 9.17) is 11.6 Å². The fourth-order valence-corrected chi connectivity index (χ4v) is 4.14. The van der Waals surface area contributed by atoms with Crippen molar-refractivity contribution in [3.63, 3.8) is 0 Å². The van der Waals surface area contributed by atoms with Crippen LogP contribution in [0.1, 0.15) is 16.7 Å². The summed E-state index contributed by atoms with van der Waals surface area (Å²) in [5.41, 5.74) is 2.74. The summed E-state index contributed by atoms with van der Waals surface area (Å²) in [5.74, 6) is -0.329. The standard InChI is InChI=1S/C25H24BrClN2O2/c1-28-25(31)23(15-18-7-3-2-4-8-18)29(17-20-10-5-11-21(26)13-20)24(30)16-19-9-6-12-22(27)14-19/h2-14,23H,15-17H2,1H3,(H,28,31)/t23-/m0/s1. The lowest BCUT2D eigenvalue weighted by Crippen LogP contribution is -2.50. The van der Waals surface area contributed by atoms with Crippen LogP contribution in [0, 0.1) is 0 Å². The third kappa shape index (κ3) is 6.68. The van der Waals surface area contributed by atoms with Gasteiger partial charge < -0.3 is 10.2 Å². The van der Waals surface area contributed by atoms with E-state index in [1.165, 1.54) is 0 Å². The minimum atomic E-state index is -0.641. The Balaban J connectivity index is 1.94. The smallest absolute Gasteiger partial charge is 0.242 e. The topological polar surface area (TPSA) is 49.4 Å². The third-order valence-electron chi connectivity index (χ3n) is 5.00. The summed E-state index contributed by atoms with van der Waals surface area (Å²) < 4.78 is 0.923. The zero-order chi connectivity index (χ0) is 22.2. The molecule has 160 valence electrons. The molecule has 1 atom stereocenters. The van der Waals surface area contributed by atoms with Crippen molar-refractivity contribution in [2.75, 3.05) is 7.05 Å². The van der Waals surface area contributed by atoms with Gasteiger partial charge in [0.2, 0.25) is 11.8 Å². The minimum Gasteiger partial charge on any atom is -0.357 e. The fraction of sp³-hybridized carbons (Fsp3) is 0.200. The highest BCUT2D eigenvalue weighted by molar-refractivity contribution is 9.10. The first-order valence-corrected chi connectivity index (χ1v) is 11.2. The summed E-state index contributed by atoms with van der Waals surface area (Å²) in [6, 6.07) is 24.1. The first-order valence-electron chi connectivity index (χ1n) is 10.00. The van der Waals surface area contributed by atoms with Gasteiger partial charge in [-0.1, -0.05) is 82.1 Å². The lowest BCUT2D eigenvalue weighted by molar-refractivity contribution is -0.140. The van der Waals surface area contributed by atoms with Crippen LogP contribution in [0.2, 0.25) is 5.02 Å². The molecule has 1 N–H and O–H groups in total. The molecule has 0 aliphatic heterocycles. The van der Waals surface area contributed by atoms with Gasteiger partial charge in [0.05, 0.1) is 6.42 Å². The van der Waals surface area contributed by atoms with E-state index in [2.05, 4.69) is 21.2 Å². The predicted molar refractivity (Wildman–Crippen MR) is 128 cm³/mol. The van der Waals surface area contributed by atoms with E-state index < -0.39 is 6.04 Å². The first kappa shape index (κ1) is 23.0. The predicted octanol–water partition coefficient (Wildman–Crippen LogP) is 5.03. The molecule has 3 rings (SSSR count). The van der Waals surface area contributed by atoms with Gasteiger partial charge in [-0.3, -0.25) is 9.59 Å². The maximum Gasteiger partial charge on any atom is 0.242 e. The normalized spacial score (nSPS) is 11.6. The molecular formula is C25H24BrClN2O2. The van der Waals surface area contributed by atoms with E-state index in [-0.39, 0.29) is 18.2 Å². The zero-order valence-corrected chi connectivity index (χ0v) is 19.6. The number of rotatable bonds is 8. The van der Waals surface area contributed by atoms with Crippen molar-refractivity contribution in [1.82, 2.24) is 10.2 Å². The van der Waals surface area contributed by atoms with Gasteiger partial charge in [0.1, 0.15) is 6.04 Å². The van der Waals surface area contributed by atoms with E-state index in [1.807, 2.05) is 66.7 Å². The number of hydrogen-bond donors (Lipinski definition) is 1. The van der Waals surface area contributed by atoms with Crippen LogP contribution >= 0.6 is 27.5 Å². The Bertz CT molecular complexity index is 1040. The van der Waals surface area contributed by atoms with E-state index in [1.54, 1.807) is 24.1 Å². The van der Waals surface area contributed by atoms with Gasteiger partial charge >= 0.3 is 0 Å². The zero-order valence-electron chi connectivity index (χ0n) is 17.2. The van der Waals surface area contributed by atoms with E-state index in [0.29, 0.717) is 18.0 Å². The molecule has 0 aliphatic carbocycles. The third-order valence-corrected chi connectivity index (χ3v) is 5.73. The van der Waals surface area contributed by atoms with E-state index in [0.717, 1.165) is 21.2 Å². The summed E-state index contributed by atoms with van der Waals surface area (Å²) in [7, 11) is 1.60. The summed E-state index contributed by atoms with van der Waals surface area (Å²) in [5, 5.41) is 3.31. The van der Waals surface area contributed by atoms with Crippen LogP contribution in [0.15, 0.2) is 83.3 Å². The van der Waals surface area contributed by atoms with Crippen LogP contribution < -0.4 is 5.32 Å². The Morgan fingerprint density at radius 2 is 1.61 bits per heavy atom. The van der Waals surface area contributed by atoms with Gasteiger partial charge in [0, 0.05) is 29.5 Å². The van der Waals surface area contributed by atoms with Gasteiger partial charge in [-0.25, -0.2) is 0 Å². The average molecular weight is 500 g/mol. The highest BCUT2D eigenvalue weighted by atomic mass is 79.9. The second-order valence-corrected chi connectivity index (χ2v) is 8.63. The molecule has 0 bridgehead atoms. The molecule has 0 heterocycles. The van der Waals surface area contributed by atoms with Crippen molar-refractivity contribution in [2.45, 2.75) is 25.4 Å². The Morgan fingerprint density at radius 3 is 2.29 bits per heavy atom. The number of halogens is 2. The van der Waals surface area contributed by atoms with Crippen LogP contribution in [-0.2, 0) is 29.0 Å². The maximum atomic E-state index is 13.5. The number of carbonyl (C=O) groups excluding carboxylic acids is 2. The fourth-order valence-electron chi connectivity index (χ4n) is 3.48. The molecule has 0 fully saturated rings. The molecule has 3 aromatic rings. The van der Waals surface area contributed by atoms with Crippen molar-refractivity contribution in [2.24, 2.45) is 0 Å². The van der Waals surface area contributed by atoms with Gasteiger partial charge in [0.15, 0.2) is 0 Å². The number of hydrogen-bond acceptors (Lipinski definition) is 2. The highest BCUT2D eigenvalue weighted by Gasteiger charge is 2.29. The van der Waals surface area contributed by atoms with Crippen molar-refractivity contribution >= 4 is 39.3 Å². The Morgan fingerprint density at radius 1 is 0.935 bits per heavy atom. The average Bonchev–Trinajstić information content (AvgIpc) is 2.76. The lowest BCUT2D eigenvalue weighted by Gasteiger charge is -2.31.